The molecule has 0 aliphatic carbocycles. The zero-order valence-electron chi connectivity index (χ0n) is 15.7. The quantitative estimate of drug-likeness (QED) is 0.578. The summed E-state index contributed by atoms with van der Waals surface area (Å²) < 4.78 is 14.5. The molecule has 0 spiro atoms. The lowest BCUT2D eigenvalue weighted by Gasteiger charge is -2.33. The van der Waals surface area contributed by atoms with Crippen LogP contribution in [0.3, 0.4) is 0 Å². The number of carbonyl (C=O) groups excluding carboxylic acids is 1. The fourth-order valence-corrected chi connectivity index (χ4v) is 5.62. The van der Waals surface area contributed by atoms with Crippen LogP contribution in [-0.2, 0) is 6.42 Å². The minimum absolute atomic E-state index is 0.155. The second-order valence-corrected chi connectivity index (χ2v) is 9.74. The molecule has 148 valence electrons. The first-order valence-electron chi connectivity index (χ1n) is 9.78. The molecule has 2 aliphatic rings. The van der Waals surface area contributed by atoms with Crippen molar-refractivity contribution in [3.05, 3.63) is 64.4 Å². The van der Waals surface area contributed by atoms with Crippen LogP contribution in [0.2, 0.25) is 0 Å². The van der Waals surface area contributed by atoms with Crippen LogP contribution in [0.4, 0.5) is 14.9 Å². The van der Waals surface area contributed by atoms with Gasteiger partial charge in [-0.15, -0.1) is 0 Å². The number of likely N-dealkylation sites (tertiary alicyclic amines) is 1. The van der Waals surface area contributed by atoms with Gasteiger partial charge in [-0.1, -0.05) is 45.9 Å². The molecule has 0 bridgehead atoms. The number of thioether (sulfide) groups is 1. The number of hydrogen-bond donors (Lipinski definition) is 0. The van der Waals surface area contributed by atoms with E-state index in [4.69, 9.17) is 0 Å². The van der Waals surface area contributed by atoms with Gasteiger partial charge in [0.2, 0.25) is 0 Å². The molecular formula is C22H24BrFN2OS. The van der Waals surface area contributed by atoms with Crippen LogP contribution in [0, 0.1) is 11.7 Å². The molecule has 0 saturated carbocycles. The van der Waals surface area contributed by atoms with E-state index in [1.807, 2.05) is 35.2 Å². The lowest BCUT2D eigenvalue weighted by atomic mass is 9.90. The number of hydrogen-bond acceptors (Lipinski definition) is 3. The predicted octanol–water partition coefficient (Wildman–Crippen LogP) is 5.58. The van der Waals surface area contributed by atoms with E-state index in [2.05, 4.69) is 20.8 Å². The van der Waals surface area contributed by atoms with Gasteiger partial charge < -0.3 is 9.80 Å². The Labute approximate surface area is 178 Å². The van der Waals surface area contributed by atoms with E-state index >= 15 is 0 Å². The molecule has 0 aromatic heterocycles. The number of piperidine rings is 1. The van der Waals surface area contributed by atoms with Crippen LogP contribution in [0.1, 0.15) is 18.4 Å². The van der Waals surface area contributed by atoms with E-state index < -0.39 is 0 Å². The maximum Gasteiger partial charge on any atom is 0.286 e. The van der Waals surface area contributed by atoms with E-state index in [1.54, 1.807) is 12.1 Å². The van der Waals surface area contributed by atoms with Crippen molar-refractivity contribution in [3.8, 4) is 0 Å². The first-order chi connectivity index (χ1) is 13.6. The van der Waals surface area contributed by atoms with Crippen LogP contribution in [0.15, 0.2) is 53.0 Å². The smallest absolute Gasteiger partial charge is 0.286 e. The van der Waals surface area contributed by atoms with Gasteiger partial charge in [0.1, 0.15) is 5.82 Å². The molecule has 2 fully saturated rings. The number of carbonyl (C=O) groups is 1. The van der Waals surface area contributed by atoms with Gasteiger partial charge in [-0.3, -0.25) is 4.79 Å². The number of nitrogens with zero attached hydrogens (tertiary/aromatic N) is 2. The number of benzene rings is 2. The van der Waals surface area contributed by atoms with Crippen molar-refractivity contribution in [1.29, 1.82) is 0 Å². The van der Waals surface area contributed by atoms with Gasteiger partial charge in [0.25, 0.3) is 5.24 Å². The molecule has 2 aromatic rings. The van der Waals surface area contributed by atoms with Gasteiger partial charge in [-0.25, -0.2) is 4.39 Å². The third-order valence-electron chi connectivity index (χ3n) is 5.63. The van der Waals surface area contributed by atoms with E-state index in [9.17, 15) is 9.18 Å². The number of rotatable bonds is 5. The number of halogens is 2. The van der Waals surface area contributed by atoms with E-state index in [0.717, 1.165) is 61.2 Å². The van der Waals surface area contributed by atoms with Gasteiger partial charge >= 0.3 is 0 Å². The molecule has 4 rings (SSSR count). The van der Waals surface area contributed by atoms with Gasteiger partial charge in [0.05, 0.1) is 0 Å². The predicted molar refractivity (Wildman–Crippen MR) is 118 cm³/mol. The second-order valence-electron chi connectivity index (χ2n) is 7.64. The van der Waals surface area contributed by atoms with Gasteiger partial charge in [0, 0.05) is 28.5 Å². The van der Waals surface area contributed by atoms with E-state index in [0.29, 0.717) is 11.2 Å². The largest absolute Gasteiger partial charge is 0.302 e. The Balaban J connectivity index is 1.27. The summed E-state index contributed by atoms with van der Waals surface area (Å²) in [4.78, 5) is 16.8. The molecule has 3 nitrogen and oxygen atoms in total. The average Bonchev–Trinajstić information content (AvgIpc) is 3.07. The topological polar surface area (TPSA) is 23.6 Å². The Kier molecular flexibility index (Phi) is 6.38. The normalized spacial score (nSPS) is 21.4. The Bertz CT molecular complexity index is 827. The molecule has 2 aliphatic heterocycles. The highest BCUT2D eigenvalue weighted by Gasteiger charge is 2.33. The summed E-state index contributed by atoms with van der Waals surface area (Å²) in [5.41, 5.74) is 2.05. The molecule has 2 saturated heterocycles. The van der Waals surface area contributed by atoms with Gasteiger partial charge in [-0.2, -0.15) is 0 Å². The Morgan fingerprint density at radius 2 is 1.86 bits per heavy atom. The van der Waals surface area contributed by atoms with Crippen molar-refractivity contribution in [1.82, 2.24) is 4.90 Å². The fraction of sp³-hybridized carbons (Fsp3) is 0.409. The van der Waals surface area contributed by atoms with Crippen LogP contribution in [-0.4, -0.2) is 41.6 Å². The first-order valence-corrected chi connectivity index (χ1v) is 11.5. The number of para-hydroxylation sites is 1. The minimum Gasteiger partial charge on any atom is -0.302 e. The third kappa shape index (κ3) is 4.78. The SMILES string of the molecule is O=C1SC(CN2CCC(Cc3cc(F)ccc3Br)CC2)CN1c1ccccc1. The summed E-state index contributed by atoms with van der Waals surface area (Å²) in [7, 11) is 0. The summed E-state index contributed by atoms with van der Waals surface area (Å²) in [6.07, 6.45) is 3.16. The van der Waals surface area contributed by atoms with E-state index in [-0.39, 0.29) is 11.1 Å². The van der Waals surface area contributed by atoms with Gasteiger partial charge in [-0.05, 0) is 74.2 Å². The molecular weight excluding hydrogens is 439 g/mol. The first kappa shape index (κ1) is 19.9. The Morgan fingerprint density at radius 3 is 2.61 bits per heavy atom. The third-order valence-corrected chi connectivity index (χ3v) is 7.45. The maximum absolute atomic E-state index is 13.5. The van der Waals surface area contributed by atoms with Crippen molar-refractivity contribution in [2.24, 2.45) is 5.92 Å². The van der Waals surface area contributed by atoms with Crippen LogP contribution < -0.4 is 4.90 Å². The lowest BCUT2D eigenvalue weighted by molar-refractivity contribution is 0.185. The van der Waals surface area contributed by atoms with Crippen molar-refractivity contribution in [2.45, 2.75) is 24.5 Å². The van der Waals surface area contributed by atoms with Crippen molar-refractivity contribution < 1.29 is 9.18 Å². The van der Waals surface area contributed by atoms with Crippen LogP contribution in [0.25, 0.3) is 0 Å². The minimum atomic E-state index is -0.165. The molecule has 1 unspecified atom stereocenters. The van der Waals surface area contributed by atoms with Crippen molar-refractivity contribution >= 4 is 38.6 Å². The molecule has 1 amide bonds. The monoisotopic (exact) mass is 462 g/mol. The zero-order valence-corrected chi connectivity index (χ0v) is 18.1. The highest BCUT2D eigenvalue weighted by Crippen LogP contribution is 2.32. The fourth-order valence-electron chi connectivity index (χ4n) is 4.11. The second kappa shape index (κ2) is 8.97. The highest BCUT2D eigenvalue weighted by molar-refractivity contribution is 9.10. The van der Waals surface area contributed by atoms with Crippen LogP contribution in [0.5, 0.6) is 0 Å². The number of amides is 1. The lowest BCUT2D eigenvalue weighted by Crippen LogP contribution is -2.39. The summed E-state index contributed by atoms with van der Waals surface area (Å²) in [6.45, 7) is 3.84. The summed E-state index contributed by atoms with van der Waals surface area (Å²) in [5.74, 6) is 0.426. The molecule has 28 heavy (non-hydrogen) atoms. The summed E-state index contributed by atoms with van der Waals surface area (Å²) >= 11 is 5.01. The summed E-state index contributed by atoms with van der Waals surface area (Å²) in [5, 5.41) is 0.476. The molecule has 2 heterocycles. The molecule has 0 N–H and O–H groups in total. The molecule has 0 radical (unpaired) electrons. The highest BCUT2D eigenvalue weighted by atomic mass is 79.9. The van der Waals surface area contributed by atoms with Crippen molar-refractivity contribution in [2.75, 3.05) is 31.1 Å². The van der Waals surface area contributed by atoms with Gasteiger partial charge in [0.15, 0.2) is 0 Å². The van der Waals surface area contributed by atoms with Crippen molar-refractivity contribution in [3.63, 3.8) is 0 Å². The van der Waals surface area contributed by atoms with Crippen LogP contribution >= 0.6 is 27.7 Å². The molecule has 6 heteroatoms. The standard InChI is InChI=1S/C22H24BrFN2OS/c23-21-7-6-18(24)13-17(21)12-16-8-10-25(11-9-16)14-20-15-26(22(27)28-20)19-4-2-1-3-5-19/h1-7,13,16,20H,8-12,14-15H2. The Hall–Kier alpha value is -1.37. The molecule has 2 aromatic carbocycles. The average molecular weight is 463 g/mol. The number of anilines is 1. The van der Waals surface area contributed by atoms with E-state index in [1.165, 1.54) is 17.8 Å². The Morgan fingerprint density at radius 1 is 1.11 bits per heavy atom. The summed E-state index contributed by atoms with van der Waals surface area (Å²) in [6, 6.07) is 14.9. The molecule has 1 atom stereocenters. The maximum atomic E-state index is 13.5. The zero-order chi connectivity index (χ0) is 19.5.